The van der Waals surface area contributed by atoms with E-state index in [4.69, 9.17) is 4.74 Å². The topological polar surface area (TPSA) is 73.2 Å². The molecule has 0 radical (unpaired) electrons. The number of carbonyl (C=O) groups is 2. The highest BCUT2D eigenvalue weighted by Crippen LogP contribution is 2.21. The van der Waals surface area contributed by atoms with Gasteiger partial charge in [0.15, 0.2) is 11.8 Å². The van der Waals surface area contributed by atoms with Gasteiger partial charge in [-0.2, -0.15) is 0 Å². The fourth-order valence-corrected chi connectivity index (χ4v) is 2.92. The number of anilines is 1. The number of ether oxygens (including phenoxy) is 1. The number of aryl methyl sites for hydroxylation is 1. The van der Waals surface area contributed by atoms with Gasteiger partial charge in [-0.1, -0.05) is 18.2 Å². The molecule has 2 heterocycles. The fourth-order valence-electron chi connectivity index (χ4n) is 2.92. The molecule has 6 heteroatoms. The van der Waals surface area contributed by atoms with Gasteiger partial charge in [-0.25, -0.2) is 9.78 Å². The van der Waals surface area contributed by atoms with E-state index in [9.17, 15) is 9.59 Å². The number of hydrogen-bond acceptors (Lipinski definition) is 4. The first-order valence-corrected chi connectivity index (χ1v) is 8.19. The maximum absolute atomic E-state index is 12.4. The lowest BCUT2D eigenvalue weighted by Gasteiger charge is -2.17. The van der Waals surface area contributed by atoms with Crippen LogP contribution in [-0.2, 0) is 22.5 Å². The molecule has 3 rings (SSSR count). The number of imidazole rings is 1. The minimum Gasteiger partial charge on any atom is -0.448 e. The quantitative estimate of drug-likeness (QED) is 0.876. The van der Waals surface area contributed by atoms with Crippen molar-refractivity contribution in [2.45, 2.75) is 45.8 Å². The third-order valence-electron chi connectivity index (χ3n) is 4.20. The molecule has 1 aromatic heterocycles. The molecule has 0 bridgehead atoms. The second kappa shape index (κ2) is 6.86. The average molecular weight is 327 g/mol. The molecule has 0 spiro atoms. The molecule has 24 heavy (non-hydrogen) atoms. The Balaban J connectivity index is 1.67. The Morgan fingerprint density at radius 1 is 1.25 bits per heavy atom. The highest BCUT2D eigenvalue weighted by atomic mass is 16.5. The Hall–Kier alpha value is -2.63. The first kappa shape index (κ1) is 16.2. The van der Waals surface area contributed by atoms with Crippen LogP contribution in [0.3, 0.4) is 0 Å². The largest absolute Gasteiger partial charge is 0.448 e. The number of benzene rings is 1. The van der Waals surface area contributed by atoms with Crippen LogP contribution in [0.15, 0.2) is 30.3 Å². The monoisotopic (exact) mass is 327 g/mol. The summed E-state index contributed by atoms with van der Waals surface area (Å²) in [4.78, 5) is 28.9. The van der Waals surface area contributed by atoms with Gasteiger partial charge in [0.2, 0.25) is 0 Å². The molecule has 1 atom stereocenters. The summed E-state index contributed by atoms with van der Waals surface area (Å²) in [7, 11) is 0. The normalized spacial score (nSPS) is 14.6. The van der Waals surface area contributed by atoms with Crippen LogP contribution in [0.25, 0.3) is 0 Å². The summed E-state index contributed by atoms with van der Waals surface area (Å²) in [5.74, 6) is -0.0816. The van der Waals surface area contributed by atoms with E-state index >= 15 is 0 Å². The molecule has 126 valence electrons. The first-order valence-electron chi connectivity index (χ1n) is 8.19. The average Bonchev–Trinajstić information content (AvgIpc) is 2.93. The van der Waals surface area contributed by atoms with Crippen LogP contribution >= 0.6 is 0 Å². The summed E-state index contributed by atoms with van der Waals surface area (Å²) in [6.07, 6.45) is 2.05. The van der Waals surface area contributed by atoms with Crippen LogP contribution in [0.2, 0.25) is 0 Å². The smallest absolute Gasteiger partial charge is 0.359 e. The maximum Gasteiger partial charge on any atom is 0.359 e. The SMILES string of the molecule is Cc1nc(C(=O)O[C@H](C)C(=O)Nc2ccccc2)c2n1CCCC2. The van der Waals surface area contributed by atoms with E-state index in [1.807, 2.05) is 25.1 Å². The van der Waals surface area contributed by atoms with Crippen LogP contribution in [0.4, 0.5) is 5.69 Å². The number of esters is 1. The van der Waals surface area contributed by atoms with Crippen molar-refractivity contribution in [3.8, 4) is 0 Å². The Morgan fingerprint density at radius 2 is 2.00 bits per heavy atom. The van der Waals surface area contributed by atoms with Crippen molar-refractivity contribution in [2.24, 2.45) is 0 Å². The van der Waals surface area contributed by atoms with Gasteiger partial charge in [-0.15, -0.1) is 0 Å². The van der Waals surface area contributed by atoms with E-state index in [1.54, 1.807) is 19.1 Å². The van der Waals surface area contributed by atoms with E-state index in [2.05, 4.69) is 14.9 Å². The van der Waals surface area contributed by atoms with Crippen molar-refractivity contribution < 1.29 is 14.3 Å². The van der Waals surface area contributed by atoms with Crippen molar-refractivity contribution >= 4 is 17.6 Å². The lowest BCUT2D eigenvalue weighted by molar-refractivity contribution is -0.123. The van der Waals surface area contributed by atoms with Gasteiger partial charge >= 0.3 is 5.97 Å². The molecule has 2 aromatic rings. The number of hydrogen-bond donors (Lipinski definition) is 1. The van der Waals surface area contributed by atoms with Gasteiger partial charge < -0.3 is 14.6 Å². The van der Waals surface area contributed by atoms with Crippen LogP contribution in [0.5, 0.6) is 0 Å². The molecule has 0 unspecified atom stereocenters. The van der Waals surface area contributed by atoms with Gasteiger partial charge in [0, 0.05) is 12.2 Å². The first-order chi connectivity index (χ1) is 11.6. The predicted molar refractivity (Wildman–Crippen MR) is 89.9 cm³/mol. The Kier molecular flexibility index (Phi) is 4.64. The standard InChI is InChI=1S/C18H21N3O3/c1-12(17(22)20-14-8-4-3-5-9-14)24-18(23)16-15-10-6-7-11-21(15)13(2)19-16/h3-5,8-9,12H,6-7,10-11H2,1-2H3,(H,20,22)/t12-/m1/s1. The van der Waals surface area contributed by atoms with E-state index in [0.717, 1.165) is 37.3 Å². The molecular formula is C18H21N3O3. The number of carbonyl (C=O) groups excluding carboxylic acids is 2. The summed E-state index contributed by atoms with van der Waals surface area (Å²) < 4.78 is 7.39. The number of rotatable bonds is 4. The number of nitrogens with zero attached hydrogens (tertiary/aromatic N) is 2. The highest BCUT2D eigenvalue weighted by Gasteiger charge is 2.26. The predicted octanol–water partition coefficient (Wildman–Crippen LogP) is 2.71. The highest BCUT2D eigenvalue weighted by molar-refractivity contribution is 5.97. The van der Waals surface area contributed by atoms with Gasteiger partial charge in [0.1, 0.15) is 5.82 Å². The Labute approximate surface area is 140 Å². The van der Waals surface area contributed by atoms with E-state index in [-0.39, 0.29) is 5.91 Å². The van der Waals surface area contributed by atoms with Crippen LogP contribution < -0.4 is 5.32 Å². The fraction of sp³-hybridized carbons (Fsp3) is 0.389. The molecule has 0 saturated carbocycles. The summed E-state index contributed by atoms with van der Waals surface area (Å²) in [6.45, 7) is 4.33. The van der Waals surface area contributed by atoms with Gasteiger partial charge in [0.25, 0.3) is 5.91 Å². The lowest BCUT2D eigenvalue weighted by atomic mass is 10.1. The number of nitrogens with one attached hydrogen (secondary N) is 1. The van der Waals surface area contributed by atoms with Crippen LogP contribution in [-0.4, -0.2) is 27.5 Å². The minimum absolute atomic E-state index is 0.339. The van der Waals surface area contributed by atoms with Crippen LogP contribution in [0.1, 0.15) is 41.8 Å². The molecule has 1 amide bonds. The molecule has 1 aliphatic rings. The van der Waals surface area contributed by atoms with E-state index in [1.165, 1.54) is 0 Å². The zero-order valence-corrected chi connectivity index (χ0v) is 13.9. The Morgan fingerprint density at radius 3 is 2.75 bits per heavy atom. The van der Waals surface area contributed by atoms with E-state index < -0.39 is 12.1 Å². The third-order valence-corrected chi connectivity index (χ3v) is 4.20. The second-order valence-corrected chi connectivity index (χ2v) is 5.97. The zero-order valence-electron chi connectivity index (χ0n) is 13.9. The molecule has 1 aromatic carbocycles. The second-order valence-electron chi connectivity index (χ2n) is 5.97. The molecule has 0 aliphatic carbocycles. The van der Waals surface area contributed by atoms with Crippen molar-refractivity contribution in [3.63, 3.8) is 0 Å². The third kappa shape index (κ3) is 3.32. The van der Waals surface area contributed by atoms with Gasteiger partial charge in [0.05, 0.1) is 5.69 Å². The van der Waals surface area contributed by atoms with Gasteiger partial charge in [-0.05, 0) is 45.2 Å². The molecule has 1 aliphatic heterocycles. The van der Waals surface area contributed by atoms with Crippen molar-refractivity contribution in [2.75, 3.05) is 5.32 Å². The number of amides is 1. The zero-order chi connectivity index (χ0) is 17.1. The van der Waals surface area contributed by atoms with Gasteiger partial charge in [-0.3, -0.25) is 4.79 Å². The van der Waals surface area contributed by atoms with Crippen molar-refractivity contribution in [1.82, 2.24) is 9.55 Å². The molecule has 1 N–H and O–H groups in total. The van der Waals surface area contributed by atoms with Crippen LogP contribution in [0, 0.1) is 6.92 Å². The Bertz CT molecular complexity index is 752. The lowest BCUT2D eigenvalue weighted by Crippen LogP contribution is -2.30. The molecular weight excluding hydrogens is 306 g/mol. The number of para-hydroxylation sites is 1. The summed E-state index contributed by atoms with van der Waals surface area (Å²) in [6, 6.07) is 9.07. The van der Waals surface area contributed by atoms with E-state index in [0.29, 0.717) is 11.4 Å². The summed E-state index contributed by atoms with van der Waals surface area (Å²) >= 11 is 0. The summed E-state index contributed by atoms with van der Waals surface area (Å²) in [5.41, 5.74) is 1.92. The minimum atomic E-state index is -0.890. The molecule has 6 nitrogen and oxygen atoms in total. The maximum atomic E-state index is 12.4. The van der Waals surface area contributed by atoms with Crippen molar-refractivity contribution in [3.05, 3.63) is 47.5 Å². The molecule has 0 saturated heterocycles. The van der Waals surface area contributed by atoms with Crippen molar-refractivity contribution in [1.29, 1.82) is 0 Å². The number of aromatic nitrogens is 2. The summed E-state index contributed by atoms with van der Waals surface area (Å²) in [5, 5.41) is 2.72. The molecule has 0 fully saturated rings. The number of fused-ring (bicyclic) bond motifs is 1.